The molecule has 154 valence electrons. The van der Waals surface area contributed by atoms with E-state index in [2.05, 4.69) is 52.7 Å². The largest absolute Gasteiger partial charge is 0.333 e. The second-order valence-electron chi connectivity index (χ2n) is 8.26. The molecule has 3 aromatic rings. The average molecular weight is 419 g/mol. The number of fused-ring (bicyclic) bond motifs is 2. The topological polar surface area (TPSA) is 32.3 Å². The van der Waals surface area contributed by atoms with Crippen LogP contribution in [0.5, 0.6) is 0 Å². The third-order valence-electron chi connectivity index (χ3n) is 6.53. The van der Waals surface area contributed by atoms with Crippen molar-refractivity contribution in [2.45, 2.75) is 24.8 Å². The number of hydrogen-bond acceptors (Lipinski definition) is 2. The Bertz CT molecular complexity index is 1030. The monoisotopic (exact) mass is 418 g/mol. The fourth-order valence-electron chi connectivity index (χ4n) is 5.07. The van der Waals surface area contributed by atoms with Gasteiger partial charge in [0.2, 0.25) is 0 Å². The van der Waals surface area contributed by atoms with Crippen molar-refractivity contribution in [2.75, 3.05) is 19.6 Å². The lowest BCUT2D eigenvalue weighted by molar-refractivity contribution is 0.0642. The van der Waals surface area contributed by atoms with Crippen LogP contribution in [0.3, 0.4) is 0 Å². The van der Waals surface area contributed by atoms with E-state index in [-0.39, 0.29) is 23.7 Å². The molecule has 0 bridgehead atoms. The lowest BCUT2D eigenvalue weighted by Crippen LogP contribution is -2.52. The van der Waals surface area contributed by atoms with Crippen LogP contribution >= 0.6 is 12.4 Å². The van der Waals surface area contributed by atoms with Gasteiger partial charge in [0, 0.05) is 24.1 Å². The molecule has 30 heavy (non-hydrogen) atoms. The lowest BCUT2D eigenvalue weighted by Gasteiger charge is -2.46. The molecule has 0 unspecified atom stereocenters. The van der Waals surface area contributed by atoms with E-state index in [0.717, 1.165) is 49.2 Å². The molecule has 0 atom stereocenters. The Labute approximate surface area is 184 Å². The molecule has 1 N–H and O–H groups in total. The normalized spacial score (nSPS) is 17.1. The molecule has 1 fully saturated rings. The van der Waals surface area contributed by atoms with Gasteiger partial charge in [0.05, 0.1) is 0 Å². The molecular weight excluding hydrogens is 392 g/mol. The first-order chi connectivity index (χ1) is 14.3. The van der Waals surface area contributed by atoms with Crippen LogP contribution in [0.25, 0.3) is 11.1 Å². The van der Waals surface area contributed by atoms with Crippen molar-refractivity contribution in [1.29, 1.82) is 0 Å². The van der Waals surface area contributed by atoms with Gasteiger partial charge in [0.1, 0.15) is 0 Å². The summed E-state index contributed by atoms with van der Waals surface area (Å²) < 4.78 is 0. The van der Waals surface area contributed by atoms with Gasteiger partial charge >= 0.3 is 0 Å². The maximum Gasteiger partial charge on any atom is 0.254 e. The van der Waals surface area contributed by atoms with Crippen LogP contribution in [0.4, 0.5) is 0 Å². The molecule has 5 rings (SSSR count). The number of rotatable bonds is 2. The Hall–Kier alpha value is -2.62. The van der Waals surface area contributed by atoms with Crippen LogP contribution in [0.1, 0.15) is 34.3 Å². The number of halogens is 1. The summed E-state index contributed by atoms with van der Waals surface area (Å²) in [7, 11) is 0. The summed E-state index contributed by atoms with van der Waals surface area (Å²) >= 11 is 0. The summed E-state index contributed by atoms with van der Waals surface area (Å²) in [4.78, 5) is 15.8. The summed E-state index contributed by atoms with van der Waals surface area (Å²) in [6.45, 7) is 3.51. The van der Waals surface area contributed by atoms with E-state index in [0.29, 0.717) is 6.54 Å². The molecule has 0 saturated carbocycles. The van der Waals surface area contributed by atoms with Crippen LogP contribution in [0, 0.1) is 0 Å². The molecule has 0 aliphatic carbocycles. The van der Waals surface area contributed by atoms with Crippen molar-refractivity contribution in [1.82, 2.24) is 10.2 Å². The molecule has 0 aromatic heterocycles. The second kappa shape index (κ2) is 8.63. The van der Waals surface area contributed by atoms with Gasteiger partial charge in [0.15, 0.2) is 0 Å². The molecule has 1 spiro atoms. The first kappa shape index (κ1) is 20.6. The number of hydrogen-bond donors (Lipinski definition) is 1. The van der Waals surface area contributed by atoms with Crippen LogP contribution in [0.15, 0.2) is 78.9 Å². The number of amides is 1. The number of piperidine rings is 1. The third kappa shape index (κ3) is 3.64. The standard InChI is InChI=1S/C26H26N2O.ClH/c29-25(23-12-6-5-11-22(23)20-8-2-1-3-9-20)28-18-21-10-4-7-13-24(21)26(19-28)14-16-27-17-15-26;/h1-13,27H,14-19H2;1H. The number of nitrogens with zero attached hydrogens (tertiary/aromatic N) is 1. The zero-order chi connectivity index (χ0) is 19.7. The Morgan fingerprint density at radius 2 is 1.50 bits per heavy atom. The Kier molecular flexibility index (Phi) is 5.94. The van der Waals surface area contributed by atoms with Crippen LogP contribution in [-0.4, -0.2) is 30.4 Å². The predicted molar refractivity (Wildman–Crippen MR) is 124 cm³/mol. The van der Waals surface area contributed by atoms with Gasteiger partial charge in [-0.2, -0.15) is 0 Å². The highest BCUT2D eigenvalue weighted by Crippen LogP contribution is 2.41. The highest BCUT2D eigenvalue weighted by Gasteiger charge is 2.41. The number of carbonyl (C=O) groups excluding carboxylic acids is 1. The van der Waals surface area contributed by atoms with E-state index in [1.165, 1.54) is 11.1 Å². The van der Waals surface area contributed by atoms with Gasteiger partial charge < -0.3 is 10.2 Å². The number of benzene rings is 3. The van der Waals surface area contributed by atoms with Crippen molar-refractivity contribution < 1.29 is 4.79 Å². The van der Waals surface area contributed by atoms with E-state index >= 15 is 0 Å². The Morgan fingerprint density at radius 1 is 0.833 bits per heavy atom. The van der Waals surface area contributed by atoms with Crippen molar-refractivity contribution in [3.63, 3.8) is 0 Å². The lowest BCUT2D eigenvalue weighted by atomic mass is 9.69. The van der Waals surface area contributed by atoms with Gasteiger partial charge in [-0.05, 0) is 54.3 Å². The zero-order valence-electron chi connectivity index (χ0n) is 17.0. The minimum absolute atomic E-state index is 0. The molecule has 2 aliphatic rings. The summed E-state index contributed by atoms with van der Waals surface area (Å²) in [5, 5.41) is 3.49. The van der Waals surface area contributed by atoms with Crippen molar-refractivity contribution in [3.05, 3.63) is 95.6 Å². The summed E-state index contributed by atoms with van der Waals surface area (Å²) in [5.41, 5.74) is 5.70. The molecule has 3 aromatic carbocycles. The quantitative estimate of drug-likeness (QED) is 0.631. The van der Waals surface area contributed by atoms with Gasteiger partial charge in [-0.15, -0.1) is 12.4 Å². The molecule has 2 heterocycles. The molecular formula is C26H27ClN2O. The van der Waals surface area contributed by atoms with E-state index in [1.807, 2.05) is 36.4 Å². The average Bonchev–Trinajstić information content (AvgIpc) is 2.80. The first-order valence-corrected chi connectivity index (χ1v) is 10.5. The summed E-state index contributed by atoms with van der Waals surface area (Å²) in [6.07, 6.45) is 2.16. The smallest absolute Gasteiger partial charge is 0.254 e. The van der Waals surface area contributed by atoms with Crippen molar-refractivity contribution >= 4 is 18.3 Å². The minimum atomic E-state index is 0. The maximum atomic E-state index is 13.7. The third-order valence-corrected chi connectivity index (χ3v) is 6.53. The van der Waals surface area contributed by atoms with E-state index in [4.69, 9.17) is 0 Å². The summed E-state index contributed by atoms with van der Waals surface area (Å²) in [6, 6.07) is 26.9. The summed E-state index contributed by atoms with van der Waals surface area (Å²) in [5.74, 6) is 0.136. The fraction of sp³-hybridized carbons (Fsp3) is 0.269. The Balaban J connectivity index is 0.00000218. The van der Waals surface area contributed by atoms with Gasteiger partial charge in [-0.25, -0.2) is 0 Å². The molecule has 0 radical (unpaired) electrons. The SMILES string of the molecule is Cl.O=C(c1ccccc1-c1ccccc1)N1Cc2ccccc2C2(CCNCC2)C1. The van der Waals surface area contributed by atoms with Gasteiger partial charge in [-0.1, -0.05) is 72.8 Å². The number of nitrogens with one attached hydrogen (secondary N) is 1. The fourth-order valence-corrected chi connectivity index (χ4v) is 5.07. The molecule has 4 heteroatoms. The van der Waals surface area contributed by atoms with Gasteiger partial charge in [0.25, 0.3) is 5.91 Å². The molecule has 3 nitrogen and oxygen atoms in total. The van der Waals surface area contributed by atoms with E-state index < -0.39 is 0 Å². The van der Waals surface area contributed by atoms with E-state index in [1.54, 1.807) is 0 Å². The Morgan fingerprint density at radius 3 is 2.30 bits per heavy atom. The van der Waals surface area contributed by atoms with Crippen LogP contribution in [0.2, 0.25) is 0 Å². The highest BCUT2D eigenvalue weighted by atomic mass is 35.5. The minimum Gasteiger partial charge on any atom is -0.333 e. The molecule has 1 saturated heterocycles. The van der Waals surface area contributed by atoms with Crippen molar-refractivity contribution in [2.24, 2.45) is 0 Å². The highest BCUT2D eigenvalue weighted by molar-refractivity contribution is 6.01. The van der Waals surface area contributed by atoms with Crippen LogP contribution in [-0.2, 0) is 12.0 Å². The van der Waals surface area contributed by atoms with Gasteiger partial charge in [-0.3, -0.25) is 4.79 Å². The second-order valence-corrected chi connectivity index (χ2v) is 8.26. The number of carbonyl (C=O) groups is 1. The van der Waals surface area contributed by atoms with Crippen LogP contribution < -0.4 is 5.32 Å². The molecule has 1 amide bonds. The first-order valence-electron chi connectivity index (χ1n) is 10.5. The maximum absolute atomic E-state index is 13.7. The molecule has 2 aliphatic heterocycles. The van der Waals surface area contributed by atoms with E-state index in [9.17, 15) is 4.79 Å². The van der Waals surface area contributed by atoms with Crippen molar-refractivity contribution in [3.8, 4) is 11.1 Å². The predicted octanol–water partition coefficient (Wildman–Crippen LogP) is 5.05. The zero-order valence-corrected chi connectivity index (χ0v) is 17.8.